The molecule has 0 aliphatic heterocycles. The van der Waals surface area contributed by atoms with E-state index in [-0.39, 0.29) is 82.4 Å². The number of hydrogen-bond donors (Lipinski definition) is 6. The third-order valence-electron chi connectivity index (χ3n) is 20.8. The Morgan fingerprint density at radius 2 is 0.837 bits per heavy atom. The second-order valence-electron chi connectivity index (χ2n) is 29.8. The zero-order valence-electron chi connectivity index (χ0n) is 69.3. The summed E-state index contributed by atoms with van der Waals surface area (Å²) in [7, 11) is 7.43. The van der Waals surface area contributed by atoms with Gasteiger partial charge in [0, 0.05) is 85.9 Å². The molecule has 5 atom stereocenters. The van der Waals surface area contributed by atoms with Crippen LogP contribution in [0, 0.1) is 58.2 Å². The second-order valence-corrected chi connectivity index (χ2v) is 29.8. The highest BCUT2D eigenvalue weighted by Crippen LogP contribution is 2.40. The van der Waals surface area contributed by atoms with Gasteiger partial charge in [0.15, 0.2) is 5.69 Å². The number of carbonyl (C=O) groups excluding carboxylic acids is 6. The molecule has 0 spiro atoms. The zero-order valence-corrected chi connectivity index (χ0v) is 69.3. The van der Waals surface area contributed by atoms with E-state index in [1.807, 2.05) is 0 Å². The van der Waals surface area contributed by atoms with Crippen molar-refractivity contribution >= 4 is 35.4 Å². The lowest BCUT2D eigenvalue weighted by Gasteiger charge is -2.28. The smallest absolute Gasteiger partial charge is 0.355 e. The fourth-order valence-electron chi connectivity index (χ4n) is 15.0. The molecule has 12 aromatic rings. The predicted octanol–water partition coefficient (Wildman–Crippen LogP) is 17.7. The Kier molecular flexibility index (Phi) is 31.5. The van der Waals surface area contributed by atoms with Gasteiger partial charge in [-0.15, -0.1) is 0 Å². The Morgan fingerprint density at radius 3 is 1.20 bits per heavy atom. The van der Waals surface area contributed by atoms with E-state index in [4.69, 9.17) is 0 Å². The molecule has 5 aromatic heterocycles. The third-order valence-corrected chi connectivity index (χ3v) is 20.8. The van der Waals surface area contributed by atoms with Gasteiger partial charge in [0.1, 0.15) is 88.2 Å². The average Bonchev–Trinajstić information content (AvgIpc) is 1.62. The van der Waals surface area contributed by atoms with Gasteiger partial charge in [-0.1, -0.05) is 55.5 Å². The van der Waals surface area contributed by atoms with E-state index in [1.165, 1.54) is 106 Å². The molecule has 0 saturated heterocycles. The Balaban J connectivity index is 0.000000188. The van der Waals surface area contributed by atoms with Gasteiger partial charge in [-0.05, 0) is 214 Å². The first-order valence-corrected chi connectivity index (χ1v) is 39.8. The lowest BCUT2D eigenvalue weighted by molar-refractivity contribution is -0.142. The van der Waals surface area contributed by atoms with E-state index in [0.717, 1.165) is 65.3 Å². The largest absolute Gasteiger partial charge is 0.435 e. The first kappa shape index (κ1) is 95.7. The van der Waals surface area contributed by atoms with Crippen molar-refractivity contribution in [3.8, 4) is 33.4 Å². The predicted molar refractivity (Wildman–Crippen MR) is 440 cm³/mol. The number of halogens is 17. The van der Waals surface area contributed by atoms with Crippen LogP contribution in [0.25, 0.3) is 33.4 Å². The number of amides is 6. The van der Waals surface area contributed by atoms with E-state index < -0.39 is 166 Å². The van der Waals surface area contributed by atoms with E-state index in [2.05, 4.69) is 57.1 Å². The van der Waals surface area contributed by atoms with Crippen molar-refractivity contribution in [1.82, 2.24) is 71.3 Å². The van der Waals surface area contributed by atoms with Gasteiger partial charge >= 0.3 is 6.18 Å². The molecule has 20 nitrogen and oxygen atoms in total. The molecule has 1 aliphatic rings. The van der Waals surface area contributed by atoms with Crippen molar-refractivity contribution in [2.24, 2.45) is 0 Å². The maximum Gasteiger partial charge on any atom is 0.435 e. The summed E-state index contributed by atoms with van der Waals surface area (Å²) in [6.45, 7) is 0.760. The molecule has 0 bridgehead atoms. The summed E-state index contributed by atoms with van der Waals surface area (Å²) >= 11 is 0. The highest BCUT2D eigenvalue weighted by molar-refractivity contribution is 5.97. The molecular weight excluding hydrogens is 1720 g/mol. The lowest BCUT2D eigenvalue weighted by atomic mass is 9.93. The van der Waals surface area contributed by atoms with Crippen LogP contribution in [-0.4, -0.2) is 110 Å². The normalized spacial score (nSPS) is 13.0. The number of hydrogen-bond acceptors (Lipinski definition) is 12. The maximum atomic E-state index is 14.5. The Bertz CT molecular complexity index is 6030. The summed E-state index contributed by atoms with van der Waals surface area (Å²) in [5, 5.41) is 22.7. The summed E-state index contributed by atoms with van der Waals surface area (Å²) < 4.78 is 238. The SMILES string of the molecule is CCC(C(=O)N[C@@H](Cc1cc(F)cc(F)c1)c1ncccc1-c1ccc(F)c(C(=O)NC)c1)n1nc(C(F)(F)F)c2c1CCCC2.CNC(=O)c1cc(-c2cccnc2[C@H](Cc2cc(F)cc(F)c2)NC(=O)C(c2ccc(F)cc2)N(C)C)ccc1F.CNC(=O)c1cc(-c2cccnc2[C@H](Cc2cc(F)cc(F)c2)NC(=O)Cn2nc(C(F)F)cc2C(F)F)ccc1F. The van der Waals surface area contributed by atoms with Crippen molar-refractivity contribution in [2.75, 3.05) is 35.2 Å². The number of nitrogens with one attached hydrogen (secondary N) is 6. The monoisotopic (exact) mass is 1800 g/mol. The van der Waals surface area contributed by atoms with Gasteiger partial charge in [0.05, 0.1) is 51.9 Å². The minimum Gasteiger partial charge on any atom is -0.355 e. The summed E-state index contributed by atoms with van der Waals surface area (Å²) in [5.74, 6) is -11.9. The molecule has 37 heteroatoms. The van der Waals surface area contributed by atoms with Crippen LogP contribution >= 0.6 is 0 Å². The molecule has 1 aliphatic carbocycles. The first-order valence-electron chi connectivity index (χ1n) is 39.8. The van der Waals surface area contributed by atoms with Gasteiger partial charge in [0.2, 0.25) is 17.7 Å². The number of benzene rings is 7. The van der Waals surface area contributed by atoms with Crippen molar-refractivity contribution < 1.29 is 103 Å². The van der Waals surface area contributed by atoms with Crippen LogP contribution < -0.4 is 31.9 Å². The molecular formula is C92H81F17N14O6. The van der Waals surface area contributed by atoms with Crippen LogP contribution in [0.1, 0.15) is 168 Å². The molecule has 0 fully saturated rings. The molecule has 13 rings (SSSR count). The molecule has 6 amide bonds. The Labute approximate surface area is 726 Å². The molecule has 0 radical (unpaired) electrons. The van der Waals surface area contributed by atoms with Crippen molar-refractivity contribution in [1.29, 1.82) is 0 Å². The first-order chi connectivity index (χ1) is 61.4. The van der Waals surface area contributed by atoms with Crippen molar-refractivity contribution in [3.05, 3.63) is 337 Å². The number of aromatic nitrogens is 7. The van der Waals surface area contributed by atoms with Crippen LogP contribution in [0.5, 0.6) is 0 Å². The average molecular weight is 1800 g/mol. The highest BCUT2D eigenvalue weighted by atomic mass is 19.4. The van der Waals surface area contributed by atoms with E-state index in [1.54, 1.807) is 56.3 Å². The summed E-state index contributed by atoms with van der Waals surface area (Å²) in [5.41, 5.74) is 0.894. The topological polar surface area (TPSA) is 252 Å². The molecule has 2 unspecified atom stereocenters. The number of fused-ring (bicyclic) bond motifs is 1. The number of carbonyl (C=O) groups is 6. The standard InChI is InChI=1S/C33H31F6N5O2.C31H28F4N4O2.C28H22F7N5O2/c1-3-27(44-28-9-5-4-7-23(28)30(43-44)33(37,38)39)32(46)42-26(15-18-13-20(34)17-21(35)14-18)29-22(8-6-12-41-29)19-10-11-25(36)24(16-19)31(45)40-2;1-36-30(40)25-16-20(8-11-26(25)35)24-5-4-12-37-28(24)27(15-18-13-22(33)17-23(34)14-18)38-31(41)29(39(2)3)19-6-9-21(32)10-7-19;1-36-28(42)19-10-15(4-5-20(19)31)18-3-2-6-37-25(18)21(9-14-7-16(29)11-17(30)8-14)38-24(41)13-40-23(27(34)35)12-22(39-40)26(32)33/h6,8,10-14,16-17,26-27H,3-5,7,9,15H2,1-2H3,(H,40,45)(H,42,46);4-14,16-17,27,29H,15H2,1-3H3,(H,36,40)(H,38,41);2-8,10-12,21,26-27H,9,13H2,1H3,(H,36,42)(H,38,41)/t26-,27?;27-,29?;21-/m000/s1. The number of pyridine rings is 3. The maximum absolute atomic E-state index is 14.5. The van der Waals surface area contributed by atoms with Crippen LogP contribution in [0.4, 0.5) is 74.6 Å². The fraction of sp³-hybridized carbons (Fsp3) is 0.250. The summed E-state index contributed by atoms with van der Waals surface area (Å²) in [4.78, 5) is 92.4. The number of likely N-dealkylation sites (N-methyl/N-ethyl adjacent to an activating group) is 1. The van der Waals surface area contributed by atoms with Crippen molar-refractivity contribution in [2.45, 2.75) is 114 Å². The molecule has 0 saturated carbocycles. The molecule has 5 heterocycles. The summed E-state index contributed by atoms with van der Waals surface area (Å²) in [6, 6.07) is 30.7. The summed E-state index contributed by atoms with van der Waals surface area (Å²) in [6.07, 6.45) is -5.39. The molecule has 7 aromatic carbocycles. The highest BCUT2D eigenvalue weighted by Gasteiger charge is 2.42. The number of alkyl halides is 7. The van der Waals surface area contributed by atoms with Crippen LogP contribution in [-0.2, 0) is 59.2 Å². The van der Waals surface area contributed by atoms with E-state index >= 15 is 0 Å². The fourth-order valence-corrected chi connectivity index (χ4v) is 15.0. The minimum atomic E-state index is -4.70. The van der Waals surface area contributed by atoms with Gasteiger partial charge in [0.25, 0.3) is 30.6 Å². The third kappa shape index (κ3) is 23.8. The molecule has 129 heavy (non-hydrogen) atoms. The molecule has 674 valence electrons. The minimum absolute atomic E-state index is 0.0441. The number of rotatable bonds is 28. The zero-order chi connectivity index (χ0) is 93.4. The van der Waals surface area contributed by atoms with Gasteiger partial charge in [-0.3, -0.25) is 58.0 Å². The van der Waals surface area contributed by atoms with Gasteiger partial charge in [-0.2, -0.15) is 23.4 Å². The lowest BCUT2D eigenvalue weighted by Crippen LogP contribution is -2.40. The van der Waals surface area contributed by atoms with Gasteiger partial charge in [-0.25, -0.2) is 61.5 Å². The van der Waals surface area contributed by atoms with E-state index in [9.17, 15) is 103 Å². The van der Waals surface area contributed by atoms with Crippen LogP contribution in [0.2, 0.25) is 0 Å². The number of nitrogens with zero attached hydrogens (tertiary/aromatic N) is 8. The van der Waals surface area contributed by atoms with Gasteiger partial charge < -0.3 is 31.9 Å². The van der Waals surface area contributed by atoms with Crippen molar-refractivity contribution in [3.63, 3.8) is 0 Å². The Hall–Kier alpha value is -14.0. The molecule has 6 N–H and O–H groups in total. The van der Waals surface area contributed by atoms with Crippen LogP contribution in [0.15, 0.2) is 195 Å². The second kappa shape index (κ2) is 42.5. The van der Waals surface area contributed by atoms with E-state index in [0.29, 0.717) is 92.5 Å². The quantitative estimate of drug-likeness (QED) is 0.0251. The van der Waals surface area contributed by atoms with Crippen LogP contribution in [0.3, 0.4) is 0 Å². The Morgan fingerprint density at radius 1 is 0.450 bits per heavy atom.